The third-order valence-electron chi connectivity index (χ3n) is 2.44. The van der Waals surface area contributed by atoms with Crippen LogP contribution in [-0.4, -0.2) is 0 Å². The summed E-state index contributed by atoms with van der Waals surface area (Å²) in [6.07, 6.45) is -2.48. The van der Waals surface area contributed by atoms with Crippen LogP contribution in [-0.2, 0) is 3.24 Å². The molecule has 0 bridgehead atoms. The monoisotopic (exact) mass is 338 g/mol. The largest absolute Gasteiger partial charge is 0.263 e. The zero-order valence-electron chi connectivity index (χ0n) is 8.43. The molecule has 0 aliphatic rings. The van der Waals surface area contributed by atoms with Crippen LogP contribution in [0.4, 0.5) is 8.78 Å². The molecule has 2 aromatic rings. The van der Waals surface area contributed by atoms with E-state index in [9.17, 15) is 8.78 Å². The van der Waals surface area contributed by atoms with Crippen LogP contribution in [0.1, 0.15) is 17.6 Å². The molecule has 0 radical (unpaired) electrons. The summed E-state index contributed by atoms with van der Waals surface area (Å²) in [5.41, 5.74) is 0.596. The maximum atomic E-state index is 12.6. The van der Waals surface area contributed by atoms with Crippen LogP contribution in [0.15, 0.2) is 36.4 Å². The van der Waals surface area contributed by atoms with Gasteiger partial charge in [-0.1, -0.05) is 47.5 Å². The van der Waals surface area contributed by atoms with E-state index in [-0.39, 0.29) is 5.56 Å². The SMILES string of the molecule is FC(F)c1ccc2ccc(C(Cl)(Cl)Br)cc2c1. The smallest absolute Gasteiger partial charge is 0.205 e. The maximum absolute atomic E-state index is 12.6. The summed E-state index contributed by atoms with van der Waals surface area (Å²) in [4.78, 5) is 0. The van der Waals surface area contributed by atoms with Crippen molar-refractivity contribution in [2.45, 2.75) is 9.67 Å². The lowest BCUT2D eigenvalue weighted by Gasteiger charge is -2.12. The molecule has 0 saturated carbocycles. The number of alkyl halides is 5. The first-order chi connectivity index (χ1) is 7.88. The molecule has 0 aliphatic carbocycles. The van der Waals surface area contributed by atoms with Crippen LogP contribution in [0.2, 0.25) is 0 Å². The summed E-state index contributed by atoms with van der Waals surface area (Å²) < 4.78 is 23.9. The molecule has 0 spiro atoms. The van der Waals surface area contributed by atoms with Crippen LogP contribution in [0, 0.1) is 0 Å². The molecular formula is C12H7BrCl2F2. The Hall–Kier alpha value is -0.380. The molecule has 5 heteroatoms. The van der Waals surface area contributed by atoms with Gasteiger partial charge in [0.15, 0.2) is 3.24 Å². The van der Waals surface area contributed by atoms with Crippen molar-refractivity contribution in [2.24, 2.45) is 0 Å². The Bertz CT molecular complexity index is 550. The van der Waals surface area contributed by atoms with Gasteiger partial charge in [-0.15, -0.1) is 0 Å². The number of rotatable bonds is 2. The molecular weight excluding hydrogens is 333 g/mol. The highest BCUT2D eigenvalue weighted by Gasteiger charge is 2.22. The molecule has 90 valence electrons. The topological polar surface area (TPSA) is 0 Å². The zero-order valence-corrected chi connectivity index (χ0v) is 11.5. The fraction of sp³-hybridized carbons (Fsp3) is 0.167. The molecule has 0 fully saturated rings. The minimum Gasteiger partial charge on any atom is -0.205 e. The van der Waals surface area contributed by atoms with Gasteiger partial charge in [0.2, 0.25) is 0 Å². The first-order valence-corrected chi connectivity index (χ1v) is 6.32. The lowest BCUT2D eigenvalue weighted by Crippen LogP contribution is -1.98. The van der Waals surface area contributed by atoms with Gasteiger partial charge in [0.25, 0.3) is 6.43 Å². The molecule has 0 aliphatic heterocycles. The Labute approximate surface area is 116 Å². The second kappa shape index (κ2) is 4.71. The van der Waals surface area contributed by atoms with Gasteiger partial charge in [0, 0.05) is 5.56 Å². The van der Waals surface area contributed by atoms with E-state index in [1.807, 2.05) is 0 Å². The third-order valence-corrected chi connectivity index (χ3v) is 3.34. The Morgan fingerprint density at radius 2 is 1.65 bits per heavy atom. The van der Waals surface area contributed by atoms with Gasteiger partial charge in [-0.3, -0.25) is 0 Å². The highest BCUT2D eigenvalue weighted by Crippen LogP contribution is 2.41. The van der Waals surface area contributed by atoms with Gasteiger partial charge in [0.1, 0.15) is 0 Å². The van der Waals surface area contributed by atoms with Gasteiger partial charge in [0.05, 0.1) is 0 Å². The van der Waals surface area contributed by atoms with E-state index in [4.69, 9.17) is 23.2 Å². The van der Waals surface area contributed by atoms with E-state index in [1.165, 1.54) is 12.1 Å². The Kier molecular flexibility index (Phi) is 3.62. The van der Waals surface area contributed by atoms with Crippen molar-refractivity contribution < 1.29 is 8.78 Å². The van der Waals surface area contributed by atoms with Crippen molar-refractivity contribution in [3.63, 3.8) is 0 Å². The summed E-state index contributed by atoms with van der Waals surface area (Å²) in [5, 5.41) is 1.55. The van der Waals surface area contributed by atoms with Gasteiger partial charge < -0.3 is 0 Å². The van der Waals surface area contributed by atoms with E-state index in [2.05, 4.69) is 15.9 Å². The minimum absolute atomic E-state index is 0.0148. The summed E-state index contributed by atoms with van der Waals surface area (Å²) in [5.74, 6) is 0. The minimum atomic E-state index is -2.48. The van der Waals surface area contributed by atoms with Crippen molar-refractivity contribution in [3.05, 3.63) is 47.5 Å². The standard InChI is InChI=1S/C12H7BrCl2F2/c13-12(14,15)10-4-3-7-1-2-8(11(16)17)5-9(7)6-10/h1-6,11H. The quantitative estimate of drug-likeness (QED) is 0.610. The predicted octanol–water partition coefficient (Wildman–Crippen LogP) is 5.76. The molecule has 0 saturated heterocycles. The average Bonchev–Trinajstić information content (AvgIpc) is 2.26. The van der Waals surface area contributed by atoms with Gasteiger partial charge in [-0.25, -0.2) is 8.78 Å². The molecule has 17 heavy (non-hydrogen) atoms. The second-order valence-electron chi connectivity index (χ2n) is 3.62. The molecule has 0 N–H and O–H groups in total. The Balaban J connectivity index is 2.59. The van der Waals surface area contributed by atoms with Crippen molar-refractivity contribution in [3.8, 4) is 0 Å². The Morgan fingerprint density at radius 3 is 2.24 bits per heavy atom. The van der Waals surface area contributed by atoms with E-state index < -0.39 is 9.67 Å². The summed E-state index contributed by atoms with van der Waals surface area (Å²) in [7, 11) is 0. The van der Waals surface area contributed by atoms with Crippen molar-refractivity contribution in [1.29, 1.82) is 0 Å². The zero-order chi connectivity index (χ0) is 12.6. The lowest BCUT2D eigenvalue weighted by atomic mass is 10.0. The van der Waals surface area contributed by atoms with Crippen LogP contribution in [0.5, 0.6) is 0 Å². The first-order valence-electron chi connectivity index (χ1n) is 4.77. The van der Waals surface area contributed by atoms with E-state index in [0.29, 0.717) is 10.9 Å². The van der Waals surface area contributed by atoms with Crippen LogP contribution >= 0.6 is 39.1 Å². The second-order valence-corrected chi connectivity index (χ2v) is 7.05. The number of fused-ring (bicyclic) bond motifs is 1. The number of hydrogen-bond donors (Lipinski definition) is 0. The third kappa shape index (κ3) is 2.90. The molecule has 2 aromatic carbocycles. The number of halogens is 5. The highest BCUT2D eigenvalue weighted by molar-refractivity contribution is 9.10. The Morgan fingerprint density at radius 1 is 1.00 bits per heavy atom. The fourth-order valence-electron chi connectivity index (χ4n) is 1.58. The molecule has 0 amide bonds. The van der Waals surface area contributed by atoms with Crippen LogP contribution in [0.25, 0.3) is 10.8 Å². The molecule has 0 nitrogen and oxygen atoms in total. The van der Waals surface area contributed by atoms with E-state index in [1.54, 1.807) is 24.3 Å². The van der Waals surface area contributed by atoms with Crippen LogP contribution < -0.4 is 0 Å². The van der Waals surface area contributed by atoms with Crippen molar-refractivity contribution in [1.82, 2.24) is 0 Å². The summed E-state index contributed by atoms with van der Waals surface area (Å²) >= 11 is 14.9. The molecule has 0 unspecified atom stereocenters. The lowest BCUT2D eigenvalue weighted by molar-refractivity contribution is 0.151. The number of hydrogen-bond acceptors (Lipinski definition) is 0. The van der Waals surface area contributed by atoms with E-state index in [0.717, 1.165) is 5.39 Å². The fourth-order valence-corrected chi connectivity index (χ4v) is 2.06. The van der Waals surface area contributed by atoms with Crippen LogP contribution in [0.3, 0.4) is 0 Å². The maximum Gasteiger partial charge on any atom is 0.263 e. The van der Waals surface area contributed by atoms with Crippen molar-refractivity contribution in [2.75, 3.05) is 0 Å². The highest BCUT2D eigenvalue weighted by atomic mass is 79.9. The van der Waals surface area contributed by atoms with Gasteiger partial charge in [-0.05, 0) is 44.4 Å². The number of benzene rings is 2. The molecule has 0 aromatic heterocycles. The van der Waals surface area contributed by atoms with E-state index >= 15 is 0 Å². The summed E-state index contributed by atoms with van der Waals surface area (Å²) in [6, 6.07) is 9.74. The average molecular weight is 340 g/mol. The first kappa shape index (κ1) is 13.1. The molecule has 2 rings (SSSR count). The summed E-state index contributed by atoms with van der Waals surface area (Å²) in [6.45, 7) is 0. The molecule has 0 heterocycles. The predicted molar refractivity (Wildman–Crippen MR) is 71.2 cm³/mol. The normalized spacial score (nSPS) is 12.4. The van der Waals surface area contributed by atoms with Crippen molar-refractivity contribution >= 4 is 49.9 Å². The van der Waals surface area contributed by atoms with Gasteiger partial charge in [-0.2, -0.15) is 0 Å². The molecule has 0 atom stereocenters. The van der Waals surface area contributed by atoms with Gasteiger partial charge >= 0.3 is 0 Å².